The molecule has 0 aliphatic carbocycles. The quantitative estimate of drug-likeness (QED) is 0.482. The lowest BCUT2D eigenvalue weighted by atomic mass is 10.2. The van der Waals surface area contributed by atoms with Gasteiger partial charge >= 0.3 is 0 Å². The van der Waals surface area contributed by atoms with Crippen LogP contribution in [-0.2, 0) is 0 Å². The second kappa shape index (κ2) is 5.81. The average molecular weight is 410 g/mol. The van der Waals surface area contributed by atoms with E-state index in [1.807, 2.05) is 38.1 Å². The van der Waals surface area contributed by atoms with Crippen molar-refractivity contribution in [2.75, 3.05) is 0 Å². The molecule has 5 heteroatoms. The van der Waals surface area contributed by atoms with Crippen LogP contribution < -0.4 is 4.74 Å². The van der Waals surface area contributed by atoms with Gasteiger partial charge < -0.3 is 9.72 Å². The lowest BCUT2D eigenvalue weighted by Crippen LogP contribution is -2.05. The lowest BCUT2D eigenvalue weighted by molar-refractivity contribution is 0.245. The molecule has 0 atom stereocenters. The third kappa shape index (κ3) is 2.72. The third-order valence-electron chi connectivity index (χ3n) is 3.14. The summed E-state index contributed by atoms with van der Waals surface area (Å²) in [4.78, 5) is 3.28. The lowest BCUT2D eigenvalue weighted by Gasteiger charge is -2.11. The topological polar surface area (TPSA) is 29.9 Å². The van der Waals surface area contributed by atoms with Crippen LogP contribution in [0.3, 0.4) is 0 Å². The molecule has 0 aliphatic heterocycles. The maximum Gasteiger partial charge on any atom is 0.182 e. The second-order valence-electron chi connectivity index (χ2n) is 5.03. The molecule has 2 aromatic carbocycles. The minimum absolute atomic E-state index is 0.123. The summed E-state index contributed by atoms with van der Waals surface area (Å²) in [5, 5.41) is 0. The van der Waals surface area contributed by atoms with Crippen molar-refractivity contribution in [1.82, 2.24) is 9.55 Å². The smallest absolute Gasteiger partial charge is 0.182 e. The Morgan fingerprint density at radius 3 is 2.62 bits per heavy atom. The van der Waals surface area contributed by atoms with Crippen LogP contribution in [0.25, 0.3) is 16.7 Å². The molecular formula is C16H15IN2OS. The molecule has 0 amide bonds. The summed E-state index contributed by atoms with van der Waals surface area (Å²) in [7, 11) is 0. The monoisotopic (exact) mass is 410 g/mol. The Morgan fingerprint density at radius 2 is 1.90 bits per heavy atom. The number of rotatable bonds is 3. The molecule has 21 heavy (non-hydrogen) atoms. The molecule has 0 saturated heterocycles. The highest BCUT2D eigenvalue weighted by atomic mass is 127. The van der Waals surface area contributed by atoms with Gasteiger partial charge in [-0.25, -0.2) is 0 Å². The van der Waals surface area contributed by atoms with E-state index in [9.17, 15) is 0 Å². The first kappa shape index (κ1) is 14.6. The number of nitrogens with one attached hydrogen (secondary N) is 1. The Labute approximate surface area is 142 Å². The Balaban J connectivity index is 2.28. The van der Waals surface area contributed by atoms with Gasteiger partial charge in [-0.2, -0.15) is 0 Å². The number of hydrogen-bond donors (Lipinski definition) is 1. The van der Waals surface area contributed by atoms with Gasteiger partial charge in [0.15, 0.2) is 4.77 Å². The van der Waals surface area contributed by atoms with Gasteiger partial charge in [-0.1, -0.05) is 18.2 Å². The Morgan fingerprint density at radius 1 is 1.14 bits per heavy atom. The molecule has 1 heterocycles. The maximum atomic E-state index is 5.87. The van der Waals surface area contributed by atoms with Crippen molar-refractivity contribution in [2.45, 2.75) is 20.0 Å². The van der Waals surface area contributed by atoms with E-state index >= 15 is 0 Å². The summed E-state index contributed by atoms with van der Waals surface area (Å²) in [6.07, 6.45) is 0.123. The van der Waals surface area contributed by atoms with Gasteiger partial charge in [0.25, 0.3) is 0 Å². The van der Waals surface area contributed by atoms with E-state index in [1.54, 1.807) is 0 Å². The van der Waals surface area contributed by atoms with Crippen molar-refractivity contribution in [2.24, 2.45) is 0 Å². The number of halogens is 1. The predicted molar refractivity (Wildman–Crippen MR) is 96.9 cm³/mol. The van der Waals surface area contributed by atoms with Gasteiger partial charge in [0.05, 0.1) is 17.3 Å². The maximum absolute atomic E-state index is 5.87. The van der Waals surface area contributed by atoms with E-state index in [0.717, 1.165) is 26.0 Å². The van der Waals surface area contributed by atoms with E-state index in [0.29, 0.717) is 4.77 Å². The molecule has 1 aromatic heterocycles. The number of imidazole rings is 1. The molecule has 0 saturated carbocycles. The summed E-state index contributed by atoms with van der Waals surface area (Å²) < 4.78 is 9.75. The van der Waals surface area contributed by atoms with Gasteiger partial charge in [-0.15, -0.1) is 0 Å². The van der Waals surface area contributed by atoms with Crippen LogP contribution in [0, 0.1) is 8.34 Å². The molecule has 3 rings (SSSR count). The van der Waals surface area contributed by atoms with Crippen molar-refractivity contribution in [1.29, 1.82) is 0 Å². The Bertz CT molecular complexity index is 851. The molecule has 3 aromatic rings. The summed E-state index contributed by atoms with van der Waals surface area (Å²) in [6, 6.07) is 14.2. The summed E-state index contributed by atoms with van der Waals surface area (Å²) in [5.74, 6) is 0.832. The standard InChI is InChI=1S/C16H15IN2OS/c1-10(2)20-14-9-5-8-13-15(14)18-16(21)19(13)12-7-4-3-6-11(12)17/h3-10H,1-2H3,(H,18,21). The van der Waals surface area contributed by atoms with Gasteiger partial charge in [0.1, 0.15) is 11.3 Å². The van der Waals surface area contributed by atoms with Gasteiger partial charge in [-0.05, 0) is 72.9 Å². The molecule has 0 spiro atoms. The van der Waals surface area contributed by atoms with Crippen LogP contribution in [0.1, 0.15) is 13.8 Å². The third-order valence-corrected chi connectivity index (χ3v) is 4.33. The number of aromatic amines is 1. The SMILES string of the molecule is CC(C)Oc1cccc2c1[nH]c(=S)n2-c1ccccc1I. The number of H-pyrrole nitrogens is 1. The van der Waals surface area contributed by atoms with Crippen LogP contribution in [0.4, 0.5) is 0 Å². The highest BCUT2D eigenvalue weighted by Crippen LogP contribution is 2.29. The highest BCUT2D eigenvalue weighted by Gasteiger charge is 2.12. The zero-order chi connectivity index (χ0) is 15.0. The van der Waals surface area contributed by atoms with E-state index in [4.69, 9.17) is 17.0 Å². The molecular weight excluding hydrogens is 395 g/mol. The zero-order valence-corrected chi connectivity index (χ0v) is 14.7. The molecule has 3 nitrogen and oxygen atoms in total. The first-order valence-electron chi connectivity index (χ1n) is 6.73. The summed E-state index contributed by atoms with van der Waals surface area (Å²) in [5.41, 5.74) is 3.05. The van der Waals surface area contributed by atoms with Crippen molar-refractivity contribution in [3.63, 3.8) is 0 Å². The number of hydrogen-bond acceptors (Lipinski definition) is 2. The van der Waals surface area contributed by atoms with E-state index < -0.39 is 0 Å². The normalized spacial score (nSPS) is 11.2. The van der Waals surface area contributed by atoms with Crippen molar-refractivity contribution >= 4 is 45.8 Å². The Kier molecular flexibility index (Phi) is 4.03. The number of fused-ring (bicyclic) bond motifs is 1. The molecule has 0 aliphatic rings. The molecule has 1 N–H and O–H groups in total. The van der Waals surface area contributed by atoms with E-state index in [-0.39, 0.29) is 6.10 Å². The fourth-order valence-electron chi connectivity index (χ4n) is 2.33. The zero-order valence-electron chi connectivity index (χ0n) is 11.8. The van der Waals surface area contributed by atoms with Crippen LogP contribution in [0.15, 0.2) is 42.5 Å². The molecule has 0 fully saturated rings. The number of ether oxygens (including phenoxy) is 1. The number of nitrogens with zero attached hydrogens (tertiary/aromatic N) is 1. The van der Waals surface area contributed by atoms with Gasteiger partial charge in [-0.3, -0.25) is 4.57 Å². The fraction of sp³-hybridized carbons (Fsp3) is 0.188. The van der Waals surface area contributed by atoms with Crippen molar-refractivity contribution < 1.29 is 4.74 Å². The minimum atomic E-state index is 0.123. The fourth-order valence-corrected chi connectivity index (χ4v) is 3.26. The second-order valence-corrected chi connectivity index (χ2v) is 6.58. The van der Waals surface area contributed by atoms with Crippen LogP contribution in [0.5, 0.6) is 5.75 Å². The first-order valence-corrected chi connectivity index (χ1v) is 8.22. The van der Waals surface area contributed by atoms with Crippen molar-refractivity contribution in [3.05, 3.63) is 50.8 Å². The summed E-state index contributed by atoms with van der Waals surface area (Å²) in [6.45, 7) is 4.04. The van der Waals surface area contributed by atoms with Crippen LogP contribution >= 0.6 is 34.8 Å². The van der Waals surface area contributed by atoms with Crippen molar-refractivity contribution in [3.8, 4) is 11.4 Å². The summed E-state index contributed by atoms with van der Waals surface area (Å²) >= 11 is 7.84. The van der Waals surface area contributed by atoms with Gasteiger partial charge in [0, 0.05) is 3.57 Å². The first-order chi connectivity index (χ1) is 10.1. The minimum Gasteiger partial charge on any atom is -0.489 e. The highest BCUT2D eigenvalue weighted by molar-refractivity contribution is 14.1. The van der Waals surface area contributed by atoms with E-state index in [1.165, 1.54) is 0 Å². The van der Waals surface area contributed by atoms with Gasteiger partial charge in [0.2, 0.25) is 0 Å². The number of para-hydroxylation sites is 2. The Hall–Kier alpha value is -1.34. The number of benzene rings is 2. The van der Waals surface area contributed by atoms with Crippen LogP contribution in [-0.4, -0.2) is 15.7 Å². The predicted octanol–water partition coefficient (Wildman–Crippen LogP) is 5.08. The number of aromatic nitrogens is 2. The largest absolute Gasteiger partial charge is 0.489 e. The molecule has 0 radical (unpaired) electrons. The van der Waals surface area contributed by atoms with E-state index in [2.05, 4.69) is 50.3 Å². The van der Waals surface area contributed by atoms with Crippen LogP contribution in [0.2, 0.25) is 0 Å². The molecule has 108 valence electrons. The molecule has 0 unspecified atom stereocenters. The molecule has 0 bridgehead atoms. The average Bonchev–Trinajstić information content (AvgIpc) is 2.76.